The first-order valence-electron chi connectivity index (χ1n) is 7.43. The summed E-state index contributed by atoms with van der Waals surface area (Å²) in [5, 5.41) is 7.55. The molecule has 1 aromatic rings. The molecule has 1 heterocycles. The predicted octanol–water partition coefficient (Wildman–Crippen LogP) is 2.20. The lowest BCUT2D eigenvalue weighted by atomic mass is 10.0. The van der Waals surface area contributed by atoms with Crippen molar-refractivity contribution >= 4 is 11.5 Å². The average Bonchev–Trinajstić information content (AvgIpc) is 2.46. The van der Waals surface area contributed by atoms with Crippen LogP contribution < -0.4 is 10.6 Å². The zero-order valence-corrected chi connectivity index (χ0v) is 12.8. The minimum Gasteiger partial charge on any atom is -0.384 e. The van der Waals surface area contributed by atoms with Gasteiger partial charge < -0.3 is 15.5 Å². The van der Waals surface area contributed by atoms with Crippen LogP contribution in [0.25, 0.3) is 0 Å². The third-order valence-corrected chi connectivity index (χ3v) is 4.46. The number of amidine groups is 1. The molecule has 110 valence electrons. The summed E-state index contributed by atoms with van der Waals surface area (Å²) in [6, 6.07) is 6.80. The number of hydrogen-bond acceptors (Lipinski definition) is 3. The van der Waals surface area contributed by atoms with Gasteiger partial charge in [0, 0.05) is 37.4 Å². The van der Waals surface area contributed by atoms with Gasteiger partial charge in [0.2, 0.25) is 0 Å². The van der Waals surface area contributed by atoms with Gasteiger partial charge in [-0.1, -0.05) is 6.92 Å². The second-order valence-corrected chi connectivity index (χ2v) is 5.69. The van der Waals surface area contributed by atoms with Crippen LogP contribution in [0.2, 0.25) is 0 Å². The third-order valence-electron chi connectivity index (χ3n) is 4.46. The molecule has 0 amide bonds. The molecule has 0 spiro atoms. The van der Waals surface area contributed by atoms with Gasteiger partial charge in [0.25, 0.3) is 0 Å². The number of nitrogens with two attached hydrogens (primary N) is 1. The molecule has 2 rings (SSSR count). The lowest BCUT2D eigenvalue weighted by molar-refractivity contribution is 0.221. The summed E-state index contributed by atoms with van der Waals surface area (Å²) in [7, 11) is 2.18. The topological polar surface area (TPSA) is 56.4 Å². The van der Waals surface area contributed by atoms with Crippen LogP contribution in [-0.4, -0.2) is 43.5 Å². The van der Waals surface area contributed by atoms with Gasteiger partial charge in [-0.25, -0.2) is 0 Å². The molecule has 1 saturated heterocycles. The van der Waals surface area contributed by atoms with Gasteiger partial charge in [-0.2, -0.15) is 0 Å². The zero-order valence-electron chi connectivity index (χ0n) is 12.8. The number of benzene rings is 1. The van der Waals surface area contributed by atoms with Gasteiger partial charge in [-0.3, -0.25) is 5.41 Å². The number of nitrogen functional groups attached to an aromatic ring is 1. The van der Waals surface area contributed by atoms with Gasteiger partial charge in [-0.05, 0) is 50.1 Å². The number of rotatable bonds is 4. The van der Waals surface area contributed by atoms with Crippen LogP contribution in [0.4, 0.5) is 5.69 Å². The molecule has 20 heavy (non-hydrogen) atoms. The molecular formula is C16H26N4. The van der Waals surface area contributed by atoms with Crippen molar-refractivity contribution in [3.63, 3.8) is 0 Å². The fraction of sp³-hybridized carbons (Fsp3) is 0.562. The molecule has 4 heteroatoms. The first kappa shape index (κ1) is 14.9. The summed E-state index contributed by atoms with van der Waals surface area (Å²) in [5.41, 5.74) is 8.72. The van der Waals surface area contributed by atoms with Gasteiger partial charge in [-0.15, -0.1) is 0 Å². The fourth-order valence-electron chi connectivity index (χ4n) is 3.00. The normalized spacial score (nSPS) is 17.1. The van der Waals surface area contributed by atoms with E-state index in [0.29, 0.717) is 6.04 Å². The molecule has 0 bridgehead atoms. The van der Waals surface area contributed by atoms with Crippen LogP contribution in [-0.2, 0) is 0 Å². The number of likely N-dealkylation sites (tertiary alicyclic amines) is 1. The van der Waals surface area contributed by atoms with E-state index in [1.54, 1.807) is 0 Å². The maximum atomic E-state index is 7.55. The molecule has 0 atom stereocenters. The monoisotopic (exact) mass is 274 g/mol. The van der Waals surface area contributed by atoms with Gasteiger partial charge in [0.05, 0.1) is 0 Å². The molecule has 0 aliphatic carbocycles. The Balaban J connectivity index is 2.08. The Morgan fingerprint density at radius 1 is 1.40 bits per heavy atom. The van der Waals surface area contributed by atoms with Crippen molar-refractivity contribution in [2.45, 2.75) is 32.7 Å². The number of anilines is 1. The number of piperidine rings is 1. The van der Waals surface area contributed by atoms with Gasteiger partial charge in [0.1, 0.15) is 5.84 Å². The number of hydrogen-bond donors (Lipinski definition) is 2. The van der Waals surface area contributed by atoms with Crippen molar-refractivity contribution in [2.75, 3.05) is 31.6 Å². The largest absolute Gasteiger partial charge is 0.384 e. The van der Waals surface area contributed by atoms with E-state index in [0.717, 1.165) is 17.7 Å². The summed E-state index contributed by atoms with van der Waals surface area (Å²) in [6.07, 6.45) is 2.44. The molecule has 0 radical (unpaired) electrons. The maximum absolute atomic E-state index is 7.55. The summed E-state index contributed by atoms with van der Waals surface area (Å²) in [6.45, 7) is 7.79. The minimum atomic E-state index is 0.146. The Hall–Kier alpha value is -1.55. The fourth-order valence-corrected chi connectivity index (χ4v) is 3.00. The van der Waals surface area contributed by atoms with Crippen LogP contribution in [0.15, 0.2) is 18.2 Å². The Bertz CT molecular complexity index is 475. The van der Waals surface area contributed by atoms with Crippen molar-refractivity contribution in [1.82, 2.24) is 4.90 Å². The van der Waals surface area contributed by atoms with E-state index in [-0.39, 0.29) is 5.84 Å². The Morgan fingerprint density at radius 2 is 2.05 bits per heavy atom. The van der Waals surface area contributed by atoms with E-state index < -0.39 is 0 Å². The highest BCUT2D eigenvalue weighted by Crippen LogP contribution is 2.24. The second-order valence-electron chi connectivity index (χ2n) is 5.69. The number of aryl methyl sites for hydroxylation is 1. The SMILES string of the molecule is CCN1CCC(N(C)c2ccc(C(=N)N)c(C)c2)CC1. The minimum absolute atomic E-state index is 0.146. The molecule has 1 aromatic carbocycles. The molecule has 0 saturated carbocycles. The standard InChI is InChI=1S/C16H26N4/c1-4-20-9-7-13(8-10-20)19(3)14-5-6-15(16(17)18)12(2)11-14/h5-6,11,13H,4,7-10H2,1-3H3,(H3,17,18). The van der Waals surface area contributed by atoms with Crippen LogP contribution >= 0.6 is 0 Å². The molecule has 1 aliphatic heterocycles. The highest BCUT2D eigenvalue weighted by molar-refractivity contribution is 5.96. The molecular weight excluding hydrogens is 248 g/mol. The first-order chi connectivity index (χ1) is 9.52. The highest BCUT2D eigenvalue weighted by atomic mass is 15.2. The quantitative estimate of drug-likeness (QED) is 0.654. The van der Waals surface area contributed by atoms with Crippen molar-refractivity contribution in [2.24, 2.45) is 5.73 Å². The molecule has 3 N–H and O–H groups in total. The molecule has 1 fully saturated rings. The van der Waals surface area contributed by atoms with E-state index in [9.17, 15) is 0 Å². The number of nitrogens with zero attached hydrogens (tertiary/aromatic N) is 2. The Morgan fingerprint density at radius 3 is 2.55 bits per heavy atom. The second kappa shape index (κ2) is 6.27. The first-order valence-corrected chi connectivity index (χ1v) is 7.43. The van der Waals surface area contributed by atoms with E-state index in [2.05, 4.69) is 35.9 Å². The summed E-state index contributed by atoms with van der Waals surface area (Å²) >= 11 is 0. The van der Waals surface area contributed by atoms with Crippen LogP contribution in [0, 0.1) is 12.3 Å². The van der Waals surface area contributed by atoms with E-state index in [1.165, 1.54) is 31.6 Å². The van der Waals surface area contributed by atoms with Gasteiger partial charge in [0.15, 0.2) is 0 Å². The highest BCUT2D eigenvalue weighted by Gasteiger charge is 2.22. The molecule has 0 unspecified atom stereocenters. The van der Waals surface area contributed by atoms with Crippen LogP contribution in [0.1, 0.15) is 30.9 Å². The molecule has 0 aromatic heterocycles. The van der Waals surface area contributed by atoms with E-state index in [4.69, 9.17) is 11.1 Å². The number of nitrogens with one attached hydrogen (secondary N) is 1. The van der Waals surface area contributed by atoms with Crippen molar-refractivity contribution in [1.29, 1.82) is 5.41 Å². The van der Waals surface area contributed by atoms with Crippen molar-refractivity contribution < 1.29 is 0 Å². The zero-order chi connectivity index (χ0) is 14.7. The van der Waals surface area contributed by atoms with E-state index >= 15 is 0 Å². The van der Waals surface area contributed by atoms with Gasteiger partial charge >= 0.3 is 0 Å². The summed E-state index contributed by atoms with van der Waals surface area (Å²) < 4.78 is 0. The van der Waals surface area contributed by atoms with Crippen molar-refractivity contribution in [3.8, 4) is 0 Å². The summed E-state index contributed by atoms with van der Waals surface area (Å²) in [4.78, 5) is 4.89. The lowest BCUT2D eigenvalue weighted by Gasteiger charge is -2.37. The maximum Gasteiger partial charge on any atom is 0.123 e. The van der Waals surface area contributed by atoms with Crippen molar-refractivity contribution in [3.05, 3.63) is 29.3 Å². The van der Waals surface area contributed by atoms with Crippen LogP contribution in [0.5, 0.6) is 0 Å². The third kappa shape index (κ3) is 3.12. The summed E-state index contributed by atoms with van der Waals surface area (Å²) in [5.74, 6) is 0.146. The Kier molecular flexibility index (Phi) is 4.65. The lowest BCUT2D eigenvalue weighted by Crippen LogP contribution is -2.43. The Labute approximate surface area is 122 Å². The molecule has 4 nitrogen and oxygen atoms in total. The predicted molar refractivity (Wildman–Crippen MR) is 85.7 cm³/mol. The smallest absolute Gasteiger partial charge is 0.123 e. The average molecular weight is 274 g/mol. The van der Waals surface area contributed by atoms with Crippen LogP contribution in [0.3, 0.4) is 0 Å². The van der Waals surface area contributed by atoms with E-state index in [1.807, 2.05) is 13.0 Å². The molecule has 1 aliphatic rings.